The van der Waals surface area contributed by atoms with Crippen LogP contribution in [0.5, 0.6) is 0 Å². The van der Waals surface area contributed by atoms with Crippen molar-refractivity contribution in [1.29, 1.82) is 0 Å². The van der Waals surface area contributed by atoms with E-state index in [0.717, 1.165) is 10.6 Å². The van der Waals surface area contributed by atoms with Crippen LogP contribution in [0.2, 0.25) is 10.0 Å². The molecule has 0 aliphatic carbocycles. The molecule has 1 aliphatic heterocycles. The van der Waals surface area contributed by atoms with Crippen LogP contribution in [0.4, 0.5) is 5.69 Å². The summed E-state index contributed by atoms with van der Waals surface area (Å²) < 4.78 is 3.08. The normalized spacial score (nSPS) is 14.4. The van der Waals surface area contributed by atoms with E-state index in [1.807, 2.05) is 6.07 Å². The molecule has 2 rings (SSSR count). The van der Waals surface area contributed by atoms with Gasteiger partial charge in [-0.2, -0.15) is 0 Å². The van der Waals surface area contributed by atoms with Crippen molar-refractivity contribution in [3.63, 3.8) is 0 Å². The van der Waals surface area contributed by atoms with Gasteiger partial charge in [0.15, 0.2) is 0 Å². The predicted octanol–water partition coefficient (Wildman–Crippen LogP) is 4.07. The van der Waals surface area contributed by atoms with E-state index < -0.39 is 0 Å². The van der Waals surface area contributed by atoms with Gasteiger partial charge >= 0.3 is 0 Å². The SMILES string of the molecule is Clc1cc(Cl)c2c(c1)SSN2. The van der Waals surface area contributed by atoms with Gasteiger partial charge in [-0.3, -0.25) is 0 Å². The minimum absolute atomic E-state index is 0.685. The highest BCUT2D eigenvalue weighted by Crippen LogP contribution is 2.48. The van der Waals surface area contributed by atoms with Crippen LogP contribution < -0.4 is 4.72 Å². The molecular weight excluding hydrogens is 221 g/mol. The second kappa shape index (κ2) is 2.98. The maximum Gasteiger partial charge on any atom is 0.0783 e. The third-order valence-electron chi connectivity index (χ3n) is 1.29. The molecule has 1 heterocycles. The van der Waals surface area contributed by atoms with Gasteiger partial charge in [0.05, 0.1) is 10.7 Å². The molecule has 0 bridgehead atoms. The summed E-state index contributed by atoms with van der Waals surface area (Å²) in [6.07, 6.45) is 0. The van der Waals surface area contributed by atoms with Crippen molar-refractivity contribution >= 4 is 50.7 Å². The van der Waals surface area contributed by atoms with Crippen LogP contribution in [0.25, 0.3) is 0 Å². The smallest absolute Gasteiger partial charge is 0.0783 e. The van der Waals surface area contributed by atoms with Crippen LogP contribution in [-0.2, 0) is 0 Å². The number of benzene rings is 1. The molecule has 0 saturated heterocycles. The molecule has 0 fully saturated rings. The van der Waals surface area contributed by atoms with E-state index in [0.29, 0.717) is 10.0 Å². The molecule has 0 amide bonds. The molecule has 0 saturated carbocycles. The zero-order valence-corrected chi connectivity index (χ0v) is 8.37. The van der Waals surface area contributed by atoms with Gasteiger partial charge in [0.25, 0.3) is 0 Å². The fraction of sp³-hybridized carbons (Fsp3) is 0. The van der Waals surface area contributed by atoms with Gasteiger partial charge in [0, 0.05) is 20.9 Å². The van der Waals surface area contributed by atoms with E-state index in [-0.39, 0.29) is 0 Å². The van der Waals surface area contributed by atoms with Gasteiger partial charge in [0.2, 0.25) is 0 Å². The summed E-state index contributed by atoms with van der Waals surface area (Å²) in [4.78, 5) is 1.10. The van der Waals surface area contributed by atoms with Gasteiger partial charge in [-0.1, -0.05) is 23.2 Å². The van der Waals surface area contributed by atoms with Gasteiger partial charge in [-0.25, -0.2) is 0 Å². The van der Waals surface area contributed by atoms with Crippen LogP contribution in [-0.4, -0.2) is 0 Å². The summed E-state index contributed by atoms with van der Waals surface area (Å²) in [7, 11) is 3.18. The minimum atomic E-state index is 0.685. The highest BCUT2D eigenvalue weighted by Gasteiger charge is 2.15. The van der Waals surface area contributed by atoms with Gasteiger partial charge in [-0.15, -0.1) is 0 Å². The van der Waals surface area contributed by atoms with Crippen molar-refractivity contribution in [2.75, 3.05) is 4.72 Å². The van der Waals surface area contributed by atoms with Crippen molar-refractivity contribution < 1.29 is 0 Å². The zero-order chi connectivity index (χ0) is 7.84. The Kier molecular flexibility index (Phi) is 2.14. The lowest BCUT2D eigenvalue weighted by Crippen LogP contribution is -1.80. The van der Waals surface area contributed by atoms with Crippen molar-refractivity contribution in [2.24, 2.45) is 0 Å². The Bertz CT molecular complexity index is 303. The number of nitrogens with one attached hydrogen (secondary N) is 1. The van der Waals surface area contributed by atoms with E-state index in [9.17, 15) is 0 Å². The Hall–Kier alpha value is 0.300. The van der Waals surface area contributed by atoms with Crippen LogP contribution >= 0.6 is 45.0 Å². The Labute approximate surface area is 82.4 Å². The first kappa shape index (κ1) is 7.92. The molecule has 5 heteroatoms. The Morgan fingerprint density at radius 3 is 2.91 bits per heavy atom. The van der Waals surface area contributed by atoms with Crippen LogP contribution in [0.3, 0.4) is 0 Å². The molecule has 11 heavy (non-hydrogen) atoms. The van der Waals surface area contributed by atoms with Crippen molar-refractivity contribution in [3.8, 4) is 0 Å². The number of halogens is 2. The number of anilines is 1. The van der Waals surface area contributed by atoms with Gasteiger partial charge in [-0.05, 0) is 22.9 Å². The number of rotatable bonds is 0. The van der Waals surface area contributed by atoms with Crippen molar-refractivity contribution in [1.82, 2.24) is 0 Å². The lowest BCUT2D eigenvalue weighted by atomic mass is 10.3. The molecule has 1 aromatic rings. The highest BCUT2D eigenvalue weighted by molar-refractivity contribution is 8.77. The quantitative estimate of drug-likeness (QED) is 0.526. The number of hydrogen-bond acceptors (Lipinski definition) is 3. The first-order valence-corrected chi connectivity index (χ1v) is 5.76. The zero-order valence-electron chi connectivity index (χ0n) is 5.23. The summed E-state index contributed by atoms with van der Waals surface area (Å²) in [6.45, 7) is 0. The summed E-state index contributed by atoms with van der Waals surface area (Å²) >= 11 is 11.7. The van der Waals surface area contributed by atoms with Gasteiger partial charge < -0.3 is 4.72 Å². The van der Waals surface area contributed by atoms with Crippen LogP contribution in [0.1, 0.15) is 0 Å². The standard InChI is InChI=1S/C6H3Cl2NS2/c7-3-1-4(8)6-5(2-3)10-11-9-6/h1-2,9H. The number of hydrogen-bond donors (Lipinski definition) is 1. The van der Waals surface area contributed by atoms with Crippen molar-refractivity contribution in [2.45, 2.75) is 4.90 Å². The monoisotopic (exact) mass is 223 g/mol. The largest absolute Gasteiger partial charge is 0.318 e. The molecule has 1 N–H and O–H groups in total. The number of fused-ring (bicyclic) bond motifs is 1. The maximum atomic E-state index is 5.90. The lowest BCUT2D eigenvalue weighted by Gasteiger charge is -1.99. The summed E-state index contributed by atoms with van der Waals surface area (Å²) in [5.74, 6) is 0. The summed E-state index contributed by atoms with van der Waals surface area (Å²) in [5.41, 5.74) is 0.978. The average Bonchev–Trinajstić information content (AvgIpc) is 2.34. The van der Waals surface area contributed by atoms with E-state index in [4.69, 9.17) is 23.2 Å². The minimum Gasteiger partial charge on any atom is -0.318 e. The molecule has 0 atom stereocenters. The molecule has 1 nitrogen and oxygen atoms in total. The second-order valence-electron chi connectivity index (χ2n) is 2.03. The van der Waals surface area contributed by atoms with E-state index in [1.54, 1.807) is 27.8 Å². The Balaban J connectivity index is 2.60. The Morgan fingerprint density at radius 1 is 1.27 bits per heavy atom. The first-order chi connectivity index (χ1) is 5.27. The van der Waals surface area contributed by atoms with E-state index in [1.165, 1.54) is 0 Å². The molecule has 0 spiro atoms. The second-order valence-corrected chi connectivity index (χ2v) is 4.85. The van der Waals surface area contributed by atoms with Crippen LogP contribution in [0, 0.1) is 0 Å². The molecule has 0 radical (unpaired) electrons. The fourth-order valence-electron chi connectivity index (χ4n) is 0.822. The van der Waals surface area contributed by atoms with Crippen LogP contribution in [0.15, 0.2) is 17.0 Å². The molecule has 0 unspecified atom stereocenters. The van der Waals surface area contributed by atoms with Gasteiger partial charge in [0.1, 0.15) is 0 Å². The molecule has 1 aromatic carbocycles. The molecule has 58 valence electrons. The first-order valence-electron chi connectivity index (χ1n) is 2.86. The highest BCUT2D eigenvalue weighted by atomic mass is 35.5. The third-order valence-corrected chi connectivity index (χ3v) is 3.72. The fourth-order valence-corrected chi connectivity index (χ4v) is 3.50. The molecular formula is C6H3Cl2NS2. The summed E-state index contributed by atoms with van der Waals surface area (Å²) in [5, 5.41) is 1.37. The average molecular weight is 224 g/mol. The lowest BCUT2D eigenvalue weighted by molar-refractivity contribution is 1.48. The topological polar surface area (TPSA) is 12.0 Å². The predicted molar refractivity (Wildman–Crippen MR) is 53.5 cm³/mol. The van der Waals surface area contributed by atoms with Crippen molar-refractivity contribution in [3.05, 3.63) is 22.2 Å². The van der Waals surface area contributed by atoms with E-state index >= 15 is 0 Å². The Morgan fingerprint density at radius 2 is 2.09 bits per heavy atom. The maximum absolute atomic E-state index is 5.90. The third kappa shape index (κ3) is 1.43. The molecule has 1 aliphatic rings. The summed E-state index contributed by atoms with van der Waals surface area (Å²) in [6, 6.07) is 3.64. The molecule has 0 aromatic heterocycles. The van der Waals surface area contributed by atoms with E-state index in [2.05, 4.69) is 4.72 Å².